The van der Waals surface area contributed by atoms with Crippen LogP contribution in [0.15, 0.2) is 48.5 Å². The monoisotopic (exact) mass is 436 g/mol. The van der Waals surface area contributed by atoms with Gasteiger partial charge >= 0.3 is 0 Å². The number of rotatable bonds is 8. The van der Waals surface area contributed by atoms with E-state index in [-0.39, 0.29) is 12.1 Å². The molecule has 0 spiro atoms. The van der Waals surface area contributed by atoms with Gasteiger partial charge in [-0.25, -0.2) is 4.68 Å². The second-order valence-corrected chi connectivity index (χ2v) is 8.34. The number of para-hydroxylation sites is 2. The average Bonchev–Trinajstić information content (AvgIpc) is 3.31. The molecule has 0 N–H and O–H groups in total. The summed E-state index contributed by atoms with van der Waals surface area (Å²) in [6.07, 6.45) is 0. The standard InChI is InChI=1S/C24H32N6O2/c1-18(2)30-24(25-26-27-30)23(20-10-6-8-12-22(20)32-4)29-15-13-28(14-16-29)17-19-9-5-7-11-21(19)31-3/h5-12,18,23H,13-17H2,1-4H3. The van der Waals surface area contributed by atoms with Crippen LogP contribution in [0.2, 0.25) is 0 Å². The summed E-state index contributed by atoms with van der Waals surface area (Å²) >= 11 is 0. The maximum Gasteiger partial charge on any atom is 0.173 e. The zero-order valence-corrected chi connectivity index (χ0v) is 19.3. The molecule has 1 aliphatic rings. The number of tetrazole rings is 1. The Labute approximate surface area is 189 Å². The molecule has 0 amide bonds. The van der Waals surface area contributed by atoms with E-state index in [1.165, 1.54) is 5.56 Å². The van der Waals surface area contributed by atoms with Crippen LogP contribution in [0.5, 0.6) is 11.5 Å². The predicted molar refractivity (Wildman–Crippen MR) is 123 cm³/mol. The molecule has 4 rings (SSSR count). The predicted octanol–water partition coefficient (Wildman–Crippen LogP) is 3.18. The number of nitrogens with zero attached hydrogens (tertiary/aromatic N) is 6. The van der Waals surface area contributed by atoms with Crippen molar-refractivity contribution in [3.05, 3.63) is 65.5 Å². The fourth-order valence-corrected chi connectivity index (χ4v) is 4.39. The zero-order chi connectivity index (χ0) is 22.5. The van der Waals surface area contributed by atoms with Crippen molar-refractivity contribution in [1.29, 1.82) is 0 Å². The molecule has 1 atom stereocenters. The smallest absolute Gasteiger partial charge is 0.173 e. The first kappa shape index (κ1) is 22.2. The quantitative estimate of drug-likeness (QED) is 0.537. The molecular weight excluding hydrogens is 404 g/mol. The lowest BCUT2D eigenvalue weighted by atomic mass is 10.0. The van der Waals surface area contributed by atoms with E-state index >= 15 is 0 Å². The van der Waals surface area contributed by atoms with E-state index in [1.54, 1.807) is 14.2 Å². The number of piperazine rings is 1. The highest BCUT2D eigenvalue weighted by Crippen LogP contribution is 2.35. The Hall–Kier alpha value is -2.97. The molecule has 32 heavy (non-hydrogen) atoms. The maximum absolute atomic E-state index is 5.71. The van der Waals surface area contributed by atoms with Crippen molar-refractivity contribution in [3.8, 4) is 11.5 Å². The first-order chi connectivity index (χ1) is 15.6. The number of hydrogen-bond donors (Lipinski definition) is 0. The molecule has 170 valence electrons. The van der Waals surface area contributed by atoms with E-state index in [4.69, 9.17) is 9.47 Å². The van der Waals surface area contributed by atoms with Gasteiger partial charge < -0.3 is 9.47 Å². The van der Waals surface area contributed by atoms with Crippen molar-refractivity contribution in [2.24, 2.45) is 0 Å². The molecule has 0 saturated carbocycles. The van der Waals surface area contributed by atoms with Crippen LogP contribution in [0.3, 0.4) is 0 Å². The molecule has 3 aromatic rings. The summed E-state index contributed by atoms with van der Waals surface area (Å²) in [4.78, 5) is 4.93. The number of aromatic nitrogens is 4. The number of ether oxygens (including phenoxy) is 2. The Bertz CT molecular complexity index is 1010. The molecule has 1 saturated heterocycles. The van der Waals surface area contributed by atoms with Gasteiger partial charge in [-0.3, -0.25) is 9.80 Å². The SMILES string of the molecule is COc1ccccc1CN1CCN(C(c2ccccc2OC)c2nnnn2C(C)C)CC1. The van der Waals surface area contributed by atoms with Gasteiger partial charge in [0.05, 0.1) is 20.3 Å². The normalized spacial score (nSPS) is 16.3. The maximum atomic E-state index is 5.71. The van der Waals surface area contributed by atoms with E-state index in [9.17, 15) is 0 Å². The second-order valence-electron chi connectivity index (χ2n) is 8.34. The summed E-state index contributed by atoms with van der Waals surface area (Å²) in [5, 5.41) is 12.7. The molecule has 0 aliphatic carbocycles. The van der Waals surface area contributed by atoms with Gasteiger partial charge in [-0.1, -0.05) is 36.4 Å². The highest BCUT2D eigenvalue weighted by molar-refractivity contribution is 5.39. The lowest BCUT2D eigenvalue weighted by Crippen LogP contribution is -2.48. The average molecular weight is 437 g/mol. The van der Waals surface area contributed by atoms with E-state index in [0.29, 0.717) is 0 Å². The minimum Gasteiger partial charge on any atom is -0.496 e. The van der Waals surface area contributed by atoms with Gasteiger partial charge in [0.25, 0.3) is 0 Å². The topological polar surface area (TPSA) is 68.5 Å². The van der Waals surface area contributed by atoms with Crippen LogP contribution < -0.4 is 9.47 Å². The van der Waals surface area contributed by atoms with Gasteiger partial charge in [0, 0.05) is 43.9 Å². The second kappa shape index (κ2) is 10.1. The lowest BCUT2D eigenvalue weighted by Gasteiger charge is -2.39. The first-order valence-electron chi connectivity index (χ1n) is 11.1. The molecule has 1 unspecified atom stereocenters. The van der Waals surface area contributed by atoms with Crippen LogP contribution in [0.4, 0.5) is 0 Å². The van der Waals surface area contributed by atoms with E-state index in [0.717, 1.165) is 55.6 Å². The Morgan fingerprint density at radius 3 is 2.22 bits per heavy atom. The third kappa shape index (κ3) is 4.61. The molecule has 8 heteroatoms. The third-order valence-electron chi connectivity index (χ3n) is 6.04. The lowest BCUT2D eigenvalue weighted by molar-refractivity contribution is 0.0981. The summed E-state index contributed by atoms with van der Waals surface area (Å²) < 4.78 is 13.2. The summed E-state index contributed by atoms with van der Waals surface area (Å²) in [5.41, 5.74) is 2.30. The molecule has 2 aromatic carbocycles. The third-order valence-corrected chi connectivity index (χ3v) is 6.04. The Balaban J connectivity index is 1.57. The Kier molecular flexibility index (Phi) is 7.02. The minimum atomic E-state index is -0.0723. The summed E-state index contributed by atoms with van der Waals surface area (Å²) in [7, 11) is 3.44. The highest BCUT2D eigenvalue weighted by atomic mass is 16.5. The van der Waals surface area contributed by atoms with Crippen molar-refractivity contribution in [2.75, 3.05) is 40.4 Å². The van der Waals surface area contributed by atoms with Crippen LogP contribution in [0, 0.1) is 0 Å². The van der Waals surface area contributed by atoms with Gasteiger partial charge in [0.15, 0.2) is 5.82 Å². The molecule has 1 aliphatic heterocycles. The molecule has 8 nitrogen and oxygen atoms in total. The summed E-state index contributed by atoms with van der Waals surface area (Å²) in [6.45, 7) is 8.79. The number of methoxy groups -OCH3 is 2. The van der Waals surface area contributed by atoms with Crippen molar-refractivity contribution >= 4 is 0 Å². The van der Waals surface area contributed by atoms with Crippen LogP contribution in [-0.2, 0) is 6.54 Å². The van der Waals surface area contributed by atoms with E-state index in [1.807, 2.05) is 35.0 Å². The molecular formula is C24H32N6O2. The summed E-state index contributed by atoms with van der Waals surface area (Å²) in [5.74, 6) is 2.65. The van der Waals surface area contributed by atoms with Crippen LogP contribution >= 0.6 is 0 Å². The molecule has 1 fully saturated rings. The largest absolute Gasteiger partial charge is 0.496 e. The Morgan fingerprint density at radius 2 is 1.53 bits per heavy atom. The van der Waals surface area contributed by atoms with Gasteiger partial charge in [-0.2, -0.15) is 0 Å². The van der Waals surface area contributed by atoms with Crippen molar-refractivity contribution in [3.63, 3.8) is 0 Å². The van der Waals surface area contributed by atoms with Crippen LogP contribution in [0.1, 0.15) is 42.9 Å². The van der Waals surface area contributed by atoms with E-state index in [2.05, 4.69) is 57.4 Å². The number of hydrogen-bond acceptors (Lipinski definition) is 7. The molecule has 0 bridgehead atoms. The van der Waals surface area contributed by atoms with Gasteiger partial charge in [0.2, 0.25) is 0 Å². The van der Waals surface area contributed by atoms with Crippen LogP contribution in [-0.4, -0.2) is 70.4 Å². The molecule has 0 radical (unpaired) electrons. The molecule has 2 heterocycles. The van der Waals surface area contributed by atoms with Crippen molar-refractivity contribution in [1.82, 2.24) is 30.0 Å². The first-order valence-corrected chi connectivity index (χ1v) is 11.1. The number of benzene rings is 2. The van der Waals surface area contributed by atoms with Crippen LogP contribution in [0.25, 0.3) is 0 Å². The Morgan fingerprint density at radius 1 is 0.875 bits per heavy atom. The zero-order valence-electron chi connectivity index (χ0n) is 19.3. The van der Waals surface area contributed by atoms with Gasteiger partial charge in [-0.15, -0.1) is 5.10 Å². The van der Waals surface area contributed by atoms with Crippen molar-refractivity contribution < 1.29 is 9.47 Å². The minimum absolute atomic E-state index is 0.0723. The fourth-order valence-electron chi connectivity index (χ4n) is 4.39. The van der Waals surface area contributed by atoms with E-state index < -0.39 is 0 Å². The highest BCUT2D eigenvalue weighted by Gasteiger charge is 2.33. The summed E-state index contributed by atoms with van der Waals surface area (Å²) in [6, 6.07) is 16.5. The molecule has 1 aromatic heterocycles. The van der Waals surface area contributed by atoms with Gasteiger partial charge in [-0.05, 0) is 36.4 Å². The fraction of sp³-hybridized carbons (Fsp3) is 0.458. The van der Waals surface area contributed by atoms with Crippen molar-refractivity contribution in [2.45, 2.75) is 32.5 Å². The van der Waals surface area contributed by atoms with Gasteiger partial charge in [0.1, 0.15) is 17.5 Å².